The van der Waals surface area contributed by atoms with E-state index in [1.54, 1.807) is 0 Å². The molecule has 92 valence electrons. The molecule has 0 fully saturated rings. The molecule has 8 heteroatoms. The molecule has 1 aromatic carbocycles. The van der Waals surface area contributed by atoms with Gasteiger partial charge in [-0.25, -0.2) is 8.42 Å². The lowest BCUT2D eigenvalue weighted by atomic mass is 10.2. The smallest absolute Gasteiger partial charge is 0.211 e. The number of hydrogen-bond donors (Lipinski definition) is 2. The lowest BCUT2D eigenvalue weighted by molar-refractivity contribution is 0.602. The molecule has 0 aliphatic rings. The van der Waals surface area contributed by atoms with E-state index in [4.69, 9.17) is 23.1 Å². The summed E-state index contributed by atoms with van der Waals surface area (Å²) in [6.45, 7) is 0. The first-order valence-corrected chi connectivity index (χ1v) is 6.69. The molecular weight excluding hydrogens is 264 g/mol. The Morgan fingerprint density at radius 1 is 1.41 bits per heavy atom. The molecular formula is C9H11ClN4O2S. The molecule has 0 aromatic heterocycles. The maximum absolute atomic E-state index is 11.3. The number of halogens is 1. The second-order valence-electron chi connectivity index (χ2n) is 3.22. The molecule has 0 heterocycles. The number of benzene rings is 1. The molecule has 0 amide bonds. The molecule has 0 bridgehead atoms. The van der Waals surface area contributed by atoms with Crippen LogP contribution in [0.5, 0.6) is 0 Å². The van der Waals surface area contributed by atoms with E-state index in [1.165, 1.54) is 24.4 Å². The minimum Gasteiger partial charge on any atom is -0.369 e. The van der Waals surface area contributed by atoms with E-state index in [2.05, 4.69) is 10.2 Å². The molecule has 0 saturated heterocycles. The number of nitrogens with zero attached hydrogens (tertiary/aromatic N) is 2. The highest BCUT2D eigenvalue weighted by Gasteiger charge is 2.08. The number of nitrogens with two attached hydrogens (primary N) is 2. The lowest BCUT2D eigenvalue weighted by Gasteiger charge is -2.01. The summed E-state index contributed by atoms with van der Waals surface area (Å²) in [5.41, 5.74) is 10.7. The van der Waals surface area contributed by atoms with Crippen LogP contribution in [0.3, 0.4) is 0 Å². The quantitative estimate of drug-likeness (QED) is 0.470. The zero-order valence-corrected chi connectivity index (χ0v) is 10.5. The van der Waals surface area contributed by atoms with Crippen molar-refractivity contribution in [2.45, 2.75) is 4.90 Å². The maximum atomic E-state index is 11.3. The SMILES string of the molecule is CS(=O)(=O)c1ccc(C=NN=C(N)N)c(Cl)c1. The predicted octanol–water partition coefficient (Wildman–Crippen LogP) is 0.351. The average molecular weight is 275 g/mol. The number of hydrogen-bond acceptors (Lipinski definition) is 4. The van der Waals surface area contributed by atoms with Crippen molar-refractivity contribution in [3.63, 3.8) is 0 Å². The zero-order valence-electron chi connectivity index (χ0n) is 8.96. The highest BCUT2D eigenvalue weighted by atomic mass is 35.5. The summed E-state index contributed by atoms with van der Waals surface area (Å²) in [6.07, 6.45) is 2.43. The van der Waals surface area contributed by atoms with Crippen molar-refractivity contribution in [2.24, 2.45) is 21.7 Å². The van der Waals surface area contributed by atoms with Gasteiger partial charge in [0, 0.05) is 11.8 Å². The van der Waals surface area contributed by atoms with Crippen molar-refractivity contribution in [1.82, 2.24) is 0 Å². The van der Waals surface area contributed by atoms with Crippen LogP contribution in [0, 0.1) is 0 Å². The van der Waals surface area contributed by atoms with Crippen LogP contribution in [0.2, 0.25) is 5.02 Å². The predicted molar refractivity (Wildman–Crippen MR) is 68.0 cm³/mol. The third-order valence-electron chi connectivity index (χ3n) is 1.77. The minimum atomic E-state index is -3.27. The average Bonchev–Trinajstić information content (AvgIpc) is 2.18. The molecule has 0 unspecified atom stereocenters. The fourth-order valence-corrected chi connectivity index (χ4v) is 1.94. The van der Waals surface area contributed by atoms with Crippen molar-refractivity contribution >= 4 is 33.6 Å². The van der Waals surface area contributed by atoms with Gasteiger partial charge in [0.15, 0.2) is 9.84 Å². The normalized spacial score (nSPS) is 11.6. The molecule has 17 heavy (non-hydrogen) atoms. The monoisotopic (exact) mass is 274 g/mol. The summed E-state index contributed by atoms with van der Waals surface area (Å²) in [4.78, 5) is 0.140. The fourth-order valence-electron chi connectivity index (χ4n) is 1.00. The van der Waals surface area contributed by atoms with Crippen LogP contribution >= 0.6 is 11.6 Å². The summed E-state index contributed by atoms with van der Waals surface area (Å²) < 4.78 is 22.5. The van der Waals surface area contributed by atoms with E-state index in [1.807, 2.05) is 0 Å². The Morgan fingerprint density at radius 3 is 2.53 bits per heavy atom. The second kappa shape index (κ2) is 5.15. The molecule has 0 aliphatic carbocycles. The van der Waals surface area contributed by atoms with Crippen molar-refractivity contribution < 1.29 is 8.42 Å². The summed E-state index contributed by atoms with van der Waals surface area (Å²) in [7, 11) is -3.27. The number of rotatable bonds is 3. The van der Waals surface area contributed by atoms with Crippen LogP contribution in [0.25, 0.3) is 0 Å². The number of sulfone groups is 1. The zero-order chi connectivity index (χ0) is 13.1. The van der Waals surface area contributed by atoms with Crippen LogP contribution in [-0.2, 0) is 9.84 Å². The Morgan fingerprint density at radius 2 is 2.06 bits per heavy atom. The van der Waals surface area contributed by atoms with Crippen LogP contribution in [0.1, 0.15) is 5.56 Å². The van der Waals surface area contributed by atoms with Gasteiger partial charge in [-0.3, -0.25) is 0 Å². The summed E-state index contributed by atoms with van der Waals surface area (Å²) >= 11 is 5.88. The van der Waals surface area contributed by atoms with Crippen molar-refractivity contribution in [3.05, 3.63) is 28.8 Å². The largest absolute Gasteiger partial charge is 0.369 e. The fraction of sp³-hybridized carbons (Fsp3) is 0.111. The minimum absolute atomic E-state index is 0.140. The third kappa shape index (κ3) is 4.04. The van der Waals surface area contributed by atoms with E-state index < -0.39 is 9.84 Å². The molecule has 6 nitrogen and oxygen atoms in total. The van der Waals surface area contributed by atoms with E-state index in [9.17, 15) is 8.42 Å². The van der Waals surface area contributed by atoms with Gasteiger partial charge in [-0.05, 0) is 12.1 Å². The van der Waals surface area contributed by atoms with E-state index >= 15 is 0 Å². The van der Waals surface area contributed by atoms with Gasteiger partial charge >= 0.3 is 0 Å². The first-order chi connectivity index (χ1) is 7.80. The maximum Gasteiger partial charge on any atom is 0.211 e. The summed E-state index contributed by atoms with van der Waals surface area (Å²) in [5.74, 6) is -0.176. The van der Waals surface area contributed by atoms with Crippen molar-refractivity contribution in [2.75, 3.05) is 6.26 Å². The van der Waals surface area contributed by atoms with Gasteiger partial charge in [0.2, 0.25) is 5.96 Å². The number of guanidine groups is 1. The molecule has 0 radical (unpaired) electrons. The van der Waals surface area contributed by atoms with E-state index in [0.29, 0.717) is 5.56 Å². The van der Waals surface area contributed by atoms with Gasteiger partial charge in [-0.1, -0.05) is 17.7 Å². The molecule has 1 rings (SSSR count). The second-order valence-corrected chi connectivity index (χ2v) is 5.65. The summed E-state index contributed by atoms with van der Waals surface area (Å²) in [5, 5.41) is 7.22. The Balaban J connectivity index is 3.07. The topological polar surface area (TPSA) is 111 Å². The molecule has 0 saturated carbocycles. The van der Waals surface area contributed by atoms with Crippen LogP contribution < -0.4 is 11.5 Å². The van der Waals surface area contributed by atoms with Crippen LogP contribution in [0.4, 0.5) is 0 Å². The standard InChI is InChI=1S/C9H11ClN4O2S/c1-17(15,16)7-3-2-6(8(10)4-7)5-13-14-9(11)12/h2-5H,1H3,(H4,11,12,14). The highest BCUT2D eigenvalue weighted by Crippen LogP contribution is 2.19. The molecule has 0 spiro atoms. The highest BCUT2D eigenvalue weighted by molar-refractivity contribution is 7.90. The van der Waals surface area contributed by atoms with Gasteiger partial charge in [-0.15, -0.1) is 5.10 Å². The van der Waals surface area contributed by atoms with Gasteiger partial charge in [0.25, 0.3) is 0 Å². The Hall–Kier alpha value is -1.60. The molecule has 0 atom stereocenters. The first kappa shape index (κ1) is 13.5. The molecule has 4 N–H and O–H groups in total. The van der Waals surface area contributed by atoms with Crippen LogP contribution in [0.15, 0.2) is 33.3 Å². The summed E-state index contributed by atoms with van der Waals surface area (Å²) in [6, 6.07) is 4.29. The molecule has 1 aromatic rings. The van der Waals surface area contributed by atoms with E-state index in [0.717, 1.165) is 6.26 Å². The Bertz CT molecular complexity index is 577. The first-order valence-electron chi connectivity index (χ1n) is 4.42. The van der Waals surface area contributed by atoms with E-state index in [-0.39, 0.29) is 15.9 Å². The van der Waals surface area contributed by atoms with Gasteiger partial charge in [-0.2, -0.15) is 5.10 Å². The van der Waals surface area contributed by atoms with Crippen molar-refractivity contribution in [1.29, 1.82) is 0 Å². The van der Waals surface area contributed by atoms with Gasteiger partial charge in [0.1, 0.15) is 0 Å². The van der Waals surface area contributed by atoms with Gasteiger partial charge < -0.3 is 11.5 Å². The third-order valence-corrected chi connectivity index (χ3v) is 3.21. The Labute approximate surface area is 104 Å². The van der Waals surface area contributed by atoms with Gasteiger partial charge in [0.05, 0.1) is 16.1 Å². The Kier molecular flexibility index (Phi) is 4.08. The molecule has 0 aliphatic heterocycles. The van der Waals surface area contributed by atoms with Crippen molar-refractivity contribution in [3.8, 4) is 0 Å². The van der Waals surface area contributed by atoms with Crippen LogP contribution in [-0.4, -0.2) is 26.8 Å². The lowest BCUT2D eigenvalue weighted by Crippen LogP contribution is -2.21.